The zero-order valence-electron chi connectivity index (χ0n) is 15.1. The van der Waals surface area contributed by atoms with Gasteiger partial charge in [0.05, 0.1) is 17.3 Å². The number of nitrogens with zero attached hydrogens (tertiary/aromatic N) is 1. The molecule has 0 bridgehead atoms. The fourth-order valence-electron chi connectivity index (χ4n) is 2.59. The van der Waals surface area contributed by atoms with Crippen LogP contribution in [-0.2, 0) is 6.42 Å². The molecule has 0 spiro atoms. The summed E-state index contributed by atoms with van der Waals surface area (Å²) in [5, 5.41) is 16.7. The molecule has 1 aromatic heterocycles. The lowest BCUT2D eigenvalue weighted by Gasteiger charge is -2.11. The van der Waals surface area contributed by atoms with E-state index in [1.807, 2.05) is 12.1 Å². The van der Waals surface area contributed by atoms with E-state index in [1.54, 1.807) is 36.4 Å². The molecule has 2 amide bonds. The van der Waals surface area contributed by atoms with E-state index in [2.05, 4.69) is 10.6 Å². The molecule has 0 unspecified atom stereocenters. The Hall–Kier alpha value is -3.65. The summed E-state index contributed by atoms with van der Waals surface area (Å²) in [4.78, 5) is 34.7. The van der Waals surface area contributed by atoms with Crippen molar-refractivity contribution in [3.8, 4) is 0 Å². The molecule has 8 nitrogen and oxygen atoms in total. The molecule has 2 N–H and O–H groups in total. The van der Waals surface area contributed by atoms with Gasteiger partial charge in [0.15, 0.2) is 5.76 Å². The van der Waals surface area contributed by atoms with Gasteiger partial charge in [-0.3, -0.25) is 19.7 Å². The molecule has 29 heavy (non-hydrogen) atoms. The Morgan fingerprint density at radius 1 is 1.00 bits per heavy atom. The Morgan fingerprint density at radius 2 is 1.72 bits per heavy atom. The quantitative estimate of drug-likeness (QED) is 0.447. The minimum absolute atomic E-state index is 0.227. The molecule has 2 aromatic carbocycles. The molecule has 148 valence electrons. The lowest BCUT2D eigenvalue weighted by Crippen LogP contribution is -2.27. The van der Waals surface area contributed by atoms with E-state index in [4.69, 9.17) is 16.0 Å². The van der Waals surface area contributed by atoms with Crippen LogP contribution in [0.25, 0.3) is 0 Å². The summed E-state index contributed by atoms with van der Waals surface area (Å²) < 4.78 is 4.88. The summed E-state index contributed by atoms with van der Waals surface area (Å²) in [7, 11) is 0. The van der Waals surface area contributed by atoms with E-state index < -0.39 is 16.7 Å². The SMILES string of the molecule is O=C(Nc1ccccc1C(=O)NCCc1ccc(Cl)cc1)c1ccc([N+](=O)[O-])o1. The summed E-state index contributed by atoms with van der Waals surface area (Å²) in [6.45, 7) is 0.396. The van der Waals surface area contributed by atoms with Crippen LogP contribution in [-0.4, -0.2) is 23.3 Å². The summed E-state index contributed by atoms with van der Waals surface area (Å²) in [6, 6.07) is 16.1. The fraction of sp³-hybridized carbons (Fsp3) is 0.100. The Kier molecular flexibility index (Phi) is 6.25. The van der Waals surface area contributed by atoms with E-state index in [0.29, 0.717) is 18.0 Å². The van der Waals surface area contributed by atoms with Crippen LogP contribution in [0.3, 0.4) is 0 Å². The first-order chi connectivity index (χ1) is 13.9. The van der Waals surface area contributed by atoms with Gasteiger partial charge in [-0.2, -0.15) is 0 Å². The zero-order chi connectivity index (χ0) is 20.8. The maximum absolute atomic E-state index is 12.5. The highest BCUT2D eigenvalue weighted by Gasteiger charge is 2.19. The molecule has 0 saturated heterocycles. The molecule has 0 saturated carbocycles. The third kappa shape index (κ3) is 5.20. The number of nitrogens with one attached hydrogen (secondary N) is 2. The normalized spacial score (nSPS) is 10.4. The molecule has 0 fully saturated rings. The van der Waals surface area contributed by atoms with E-state index in [9.17, 15) is 19.7 Å². The molecule has 1 heterocycles. The van der Waals surface area contributed by atoms with Gasteiger partial charge in [-0.15, -0.1) is 0 Å². The van der Waals surface area contributed by atoms with Gasteiger partial charge in [0.1, 0.15) is 4.92 Å². The molecule has 0 aliphatic rings. The Labute approximate surface area is 170 Å². The van der Waals surface area contributed by atoms with Crippen molar-refractivity contribution in [3.63, 3.8) is 0 Å². The molecule has 0 atom stereocenters. The van der Waals surface area contributed by atoms with Crippen LogP contribution in [0.4, 0.5) is 11.6 Å². The van der Waals surface area contributed by atoms with Crippen molar-refractivity contribution >= 4 is 35.0 Å². The van der Waals surface area contributed by atoms with Crippen molar-refractivity contribution in [2.45, 2.75) is 6.42 Å². The van der Waals surface area contributed by atoms with Crippen LogP contribution in [0, 0.1) is 10.1 Å². The summed E-state index contributed by atoms with van der Waals surface area (Å²) in [6.07, 6.45) is 0.619. The predicted molar refractivity (Wildman–Crippen MR) is 107 cm³/mol. The van der Waals surface area contributed by atoms with Crippen LogP contribution >= 0.6 is 11.6 Å². The lowest BCUT2D eigenvalue weighted by atomic mass is 10.1. The summed E-state index contributed by atoms with van der Waals surface area (Å²) >= 11 is 5.85. The van der Waals surface area contributed by atoms with Crippen LogP contribution in [0.2, 0.25) is 5.02 Å². The third-order valence-corrected chi connectivity index (χ3v) is 4.28. The highest BCUT2D eigenvalue weighted by molar-refractivity contribution is 6.30. The second kappa shape index (κ2) is 9.03. The van der Waals surface area contributed by atoms with Crippen molar-refractivity contribution in [1.82, 2.24) is 5.32 Å². The standard InChI is InChI=1S/C20H16ClN3O5/c21-14-7-5-13(6-8-14)11-12-22-19(25)15-3-1-2-4-16(15)23-20(26)17-9-10-18(29-17)24(27)28/h1-10H,11-12H2,(H,22,25)(H,23,26). The number of benzene rings is 2. The Bertz CT molecular complexity index is 1050. The molecule has 9 heteroatoms. The molecular formula is C20H16ClN3O5. The third-order valence-electron chi connectivity index (χ3n) is 4.03. The Balaban J connectivity index is 1.64. The number of hydrogen-bond donors (Lipinski definition) is 2. The number of furan rings is 1. The first kappa shape index (κ1) is 20.1. The predicted octanol–water partition coefficient (Wildman–Crippen LogP) is 4.07. The second-order valence-corrected chi connectivity index (χ2v) is 6.46. The highest BCUT2D eigenvalue weighted by atomic mass is 35.5. The fourth-order valence-corrected chi connectivity index (χ4v) is 2.71. The van der Waals surface area contributed by atoms with E-state index in [-0.39, 0.29) is 22.9 Å². The first-order valence-corrected chi connectivity index (χ1v) is 8.99. The number of halogens is 1. The van der Waals surface area contributed by atoms with Gasteiger partial charge in [-0.05, 0) is 42.3 Å². The number of carbonyl (C=O) groups excluding carboxylic acids is 2. The minimum Gasteiger partial charge on any atom is -0.395 e. The van der Waals surface area contributed by atoms with Gasteiger partial charge in [-0.1, -0.05) is 35.9 Å². The van der Waals surface area contributed by atoms with Gasteiger partial charge in [0.2, 0.25) is 0 Å². The zero-order valence-corrected chi connectivity index (χ0v) is 15.8. The monoisotopic (exact) mass is 413 g/mol. The summed E-state index contributed by atoms with van der Waals surface area (Å²) in [5.41, 5.74) is 1.55. The molecule has 0 aliphatic heterocycles. The second-order valence-electron chi connectivity index (χ2n) is 6.03. The maximum Gasteiger partial charge on any atom is 0.433 e. The molecule has 0 aliphatic carbocycles. The number of amides is 2. The number of nitro groups is 1. The van der Waals surface area contributed by atoms with Gasteiger partial charge >= 0.3 is 5.88 Å². The Morgan fingerprint density at radius 3 is 2.41 bits per heavy atom. The van der Waals surface area contributed by atoms with E-state index in [0.717, 1.165) is 11.6 Å². The van der Waals surface area contributed by atoms with Gasteiger partial charge in [0.25, 0.3) is 11.8 Å². The van der Waals surface area contributed by atoms with Crippen LogP contribution in [0.1, 0.15) is 26.5 Å². The van der Waals surface area contributed by atoms with E-state index in [1.165, 1.54) is 6.07 Å². The van der Waals surface area contributed by atoms with Crippen molar-refractivity contribution in [3.05, 3.63) is 92.7 Å². The maximum atomic E-state index is 12.5. The number of hydrogen-bond acceptors (Lipinski definition) is 5. The molecule has 0 radical (unpaired) electrons. The molecule has 3 aromatic rings. The number of para-hydroxylation sites is 1. The van der Waals surface area contributed by atoms with Gasteiger partial charge in [0, 0.05) is 11.6 Å². The van der Waals surface area contributed by atoms with Gasteiger partial charge in [-0.25, -0.2) is 0 Å². The molecule has 3 rings (SSSR count). The van der Waals surface area contributed by atoms with Crippen LogP contribution < -0.4 is 10.6 Å². The van der Waals surface area contributed by atoms with E-state index >= 15 is 0 Å². The average molecular weight is 414 g/mol. The van der Waals surface area contributed by atoms with Crippen molar-refractivity contribution in [2.75, 3.05) is 11.9 Å². The lowest BCUT2D eigenvalue weighted by molar-refractivity contribution is -0.402. The van der Waals surface area contributed by atoms with Crippen molar-refractivity contribution < 1.29 is 18.9 Å². The average Bonchev–Trinajstić information content (AvgIpc) is 3.21. The first-order valence-electron chi connectivity index (χ1n) is 8.61. The smallest absolute Gasteiger partial charge is 0.395 e. The van der Waals surface area contributed by atoms with Gasteiger partial charge < -0.3 is 15.1 Å². The molecular weight excluding hydrogens is 398 g/mol. The van der Waals surface area contributed by atoms with Crippen molar-refractivity contribution in [2.24, 2.45) is 0 Å². The van der Waals surface area contributed by atoms with Crippen LogP contribution in [0.15, 0.2) is 65.1 Å². The van der Waals surface area contributed by atoms with Crippen LogP contribution in [0.5, 0.6) is 0 Å². The largest absolute Gasteiger partial charge is 0.433 e. The van der Waals surface area contributed by atoms with Crippen molar-refractivity contribution in [1.29, 1.82) is 0 Å². The minimum atomic E-state index is -0.737. The highest BCUT2D eigenvalue weighted by Crippen LogP contribution is 2.20. The number of rotatable bonds is 7. The number of anilines is 1. The topological polar surface area (TPSA) is 114 Å². The summed E-state index contributed by atoms with van der Waals surface area (Å²) in [5.74, 6) is -1.82. The number of carbonyl (C=O) groups is 2.